The molecule has 0 saturated carbocycles. The second-order valence-corrected chi connectivity index (χ2v) is 5.18. The van der Waals surface area contributed by atoms with Crippen molar-refractivity contribution in [3.05, 3.63) is 28.8 Å². The lowest BCUT2D eigenvalue weighted by molar-refractivity contribution is -0.131. The van der Waals surface area contributed by atoms with Gasteiger partial charge in [-0.15, -0.1) is 0 Å². The Hall–Kier alpha value is -2.47. The van der Waals surface area contributed by atoms with Crippen LogP contribution in [0.4, 0.5) is 0 Å². The molecule has 24 heavy (non-hydrogen) atoms. The molecule has 0 unspecified atom stereocenters. The number of hydrogen-bond acceptors (Lipinski definition) is 6. The molecule has 7 heteroatoms. The summed E-state index contributed by atoms with van der Waals surface area (Å²) in [5.74, 6) is -0.216. The first-order valence-corrected chi connectivity index (χ1v) is 7.55. The third-order valence-corrected chi connectivity index (χ3v) is 3.57. The molecule has 0 fully saturated rings. The lowest BCUT2D eigenvalue weighted by Crippen LogP contribution is -2.08. The van der Waals surface area contributed by atoms with Crippen LogP contribution in [0.3, 0.4) is 0 Å². The summed E-state index contributed by atoms with van der Waals surface area (Å²) in [6.07, 6.45) is 0. The zero-order valence-electron chi connectivity index (χ0n) is 13.8. The fourth-order valence-corrected chi connectivity index (χ4v) is 2.69. The fourth-order valence-electron chi connectivity index (χ4n) is 2.42. The molecule has 2 rings (SSSR count). The number of halogens is 1. The van der Waals surface area contributed by atoms with Gasteiger partial charge in [-0.25, -0.2) is 4.79 Å². The summed E-state index contributed by atoms with van der Waals surface area (Å²) in [6.45, 7) is 3.21. The van der Waals surface area contributed by atoms with Crippen molar-refractivity contribution in [1.29, 1.82) is 0 Å². The molecule has 0 atom stereocenters. The predicted molar refractivity (Wildman–Crippen MR) is 89.3 cm³/mol. The number of fused-ring (bicyclic) bond motifs is 1. The minimum absolute atomic E-state index is 0.211. The second kappa shape index (κ2) is 7.40. The van der Waals surface area contributed by atoms with Gasteiger partial charge in [0, 0.05) is 18.4 Å². The molecule has 0 radical (unpaired) electrons. The van der Waals surface area contributed by atoms with Crippen LogP contribution < -0.4 is 14.2 Å². The average molecular weight is 353 g/mol. The van der Waals surface area contributed by atoms with Crippen molar-refractivity contribution in [3.63, 3.8) is 0 Å². The molecule has 2 aromatic rings. The van der Waals surface area contributed by atoms with E-state index in [-0.39, 0.29) is 28.7 Å². The molecule has 0 N–H and O–H groups in total. The molecule has 0 saturated heterocycles. The van der Waals surface area contributed by atoms with Gasteiger partial charge in [0.15, 0.2) is 0 Å². The van der Waals surface area contributed by atoms with Gasteiger partial charge in [-0.3, -0.25) is 4.79 Å². The molecule has 0 aliphatic carbocycles. The van der Waals surface area contributed by atoms with Crippen LogP contribution in [0.5, 0.6) is 17.2 Å². The van der Waals surface area contributed by atoms with E-state index >= 15 is 0 Å². The molecule has 0 amide bonds. The van der Waals surface area contributed by atoms with Crippen molar-refractivity contribution in [2.45, 2.75) is 13.8 Å². The number of benzene rings is 2. The van der Waals surface area contributed by atoms with E-state index in [2.05, 4.69) is 0 Å². The third kappa shape index (κ3) is 3.23. The standard InChI is InChI=1S/C17H17ClO6/c1-5-23-17(20)10-6-7-12(24-9(2)19)15-14(10)13(21-3)8-11(18)16(15)22-4/h6-8H,5H2,1-4H3. The van der Waals surface area contributed by atoms with Gasteiger partial charge in [0.25, 0.3) is 0 Å². The first-order valence-electron chi connectivity index (χ1n) is 7.17. The molecule has 0 aromatic heterocycles. The number of esters is 2. The molecule has 0 heterocycles. The minimum atomic E-state index is -0.528. The van der Waals surface area contributed by atoms with E-state index in [9.17, 15) is 9.59 Å². The molecule has 0 aliphatic heterocycles. The van der Waals surface area contributed by atoms with E-state index in [1.54, 1.807) is 6.92 Å². The molecule has 0 spiro atoms. The lowest BCUT2D eigenvalue weighted by atomic mass is 10.0. The van der Waals surface area contributed by atoms with Gasteiger partial charge < -0.3 is 18.9 Å². The van der Waals surface area contributed by atoms with Crippen molar-refractivity contribution in [3.8, 4) is 17.2 Å². The summed E-state index contributed by atoms with van der Waals surface area (Å²) in [7, 11) is 2.88. The first-order chi connectivity index (χ1) is 11.4. The number of rotatable bonds is 5. The van der Waals surface area contributed by atoms with Gasteiger partial charge in [0.2, 0.25) is 0 Å². The molecular formula is C17H17ClO6. The fraction of sp³-hybridized carbons (Fsp3) is 0.294. The summed E-state index contributed by atoms with van der Waals surface area (Å²) >= 11 is 6.23. The van der Waals surface area contributed by atoms with Crippen LogP contribution in [-0.2, 0) is 9.53 Å². The summed E-state index contributed by atoms with van der Waals surface area (Å²) in [4.78, 5) is 23.7. The van der Waals surface area contributed by atoms with Crippen molar-refractivity contribution in [2.75, 3.05) is 20.8 Å². The van der Waals surface area contributed by atoms with Gasteiger partial charge in [-0.2, -0.15) is 0 Å². The number of carbonyl (C=O) groups excluding carboxylic acids is 2. The molecular weight excluding hydrogens is 336 g/mol. The maximum absolute atomic E-state index is 12.3. The minimum Gasteiger partial charge on any atom is -0.496 e. The van der Waals surface area contributed by atoms with Crippen LogP contribution in [0.25, 0.3) is 10.8 Å². The van der Waals surface area contributed by atoms with Crippen LogP contribution in [0.2, 0.25) is 5.02 Å². The average Bonchev–Trinajstić information content (AvgIpc) is 2.54. The molecule has 0 bridgehead atoms. The summed E-state index contributed by atoms with van der Waals surface area (Å²) in [5, 5.41) is 1.02. The monoisotopic (exact) mass is 352 g/mol. The van der Waals surface area contributed by atoms with Crippen molar-refractivity contribution in [2.24, 2.45) is 0 Å². The Kier molecular flexibility index (Phi) is 5.51. The van der Waals surface area contributed by atoms with Gasteiger partial charge in [0.1, 0.15) is 17.2 Å². The van der Waals surface area contributed by atoms with Gasteiger partial charge in [0.05, 0.1) is 36.8 Å². The predicted octanol–water partition coefficient (Wildman–Crippen LogP) is 3.61. The summed E-state index contributed by atoms with van der Waals surface area (Å²) < 4.78 is 21.0. The van der Waals surface area contributed by atoms with Crippen LogP contribution in [-0.4, -0.2) is 32.8 Å². The van der Waals surface area contributed by atoms with Crippen LogP contribution >= 0.6 is 11.6 Å². The summed E-state index contributed by atoms with van der Waals surface area (Å²) in [5.41, 5.74) is 0.259. The Morgan fingerprint density at radius 3 is 2.33 bits per heavy atom. The Morgan fingerprint density at radius 2 is 1.79 bits per heavy atom. The third-order valence-electron chi connectivity index (χ3n) is 3.29. The smallest absolute Gasteiger partial charge is 0.338 e. The van der Waals surface area contributed by atoms with Gasteiger partial charge >= 0.3 is 11.9 Å². The van der Waals surface area contributed by atoms with Crippen LogP contribution in [0, 0.1) is 0 Å². The van der Waals surface area contributed by atoms with Crippen molar-refractivity contribution >= 4 is 34.3 Å². The maximum Gasteiger partial charge on any atom is 0.338 e. The quantitative estimate of drug-likeness (QED) is 0.604. The Balaban J connectivity index is 2.93. The van der Waals surface area contributed by atoms with Crippen LogP contribution in [0.15, 0.2) is 18.2 Å². The van der Waals surface area contributed by atoms with E-state index < -0.39 is 11.9 Å². The second-order valence-electron chi connectivity index (χ2n) is 4.77. The highest BCUT2D eigenvalue weighted by Gasteiger charge is 2.23. The lowest BCUT2D eigenvalue weighted by Gasteiger charge is -2.17. The van der Waals surface area contributed by atoms with Crippen LogP contribution in [0.1, 0.15) is 24.2 Å². The van der Waals surface area contributed by atoms with E-state index in [1.165, 1.54) is 39.3 Å². The number of carbonyl (C=O) groups is 2. The Morgan fingerprint density at radius 1 is 1.08 bits per heavy atom. The first kappa shape index (κ1) is 17.9. The van der Waals surface area contributed by atoms with Crippen molar-refractivity contribution in [1.82, 2.24) is 0 Å². The van der Waals surface area contributed by atoms with E-state index in [0.717, 1.165) is 0 Å². The molecule has 2 aromatic carbocycles. The molecule has 128 valence electrons. The Labute approximate surface area is 144 Å². The van der Waals surface area contributed by atoms with Gasteiger partial charge in [-0.05, 0) is 19.1 Å². The highest BCUT2D eigenvalue weighted by atomic mass is 35.5. The maximum atomic E-state index is 12.3. The number of hydrogen-bond donors (Lipinski definition) is 0. The topological polar surface area (TPSA) is 71.1 Å². The summed E-state index contributed by atoms with van der Waals surface area (Å²) in [6, 6.07) is 4.53. The molecule has 6 nitrogen and oxygen atoms in total. The number of methoxy groups -OCH3 is 2. The SMILES string of the molecule is CCOC(=O)c1ccc(OC(C)=O)c2c(OC)c(Cl)cc(OC)c12. The zero-order valence-corrected chi connectivity index (χ0v) is 14.5. The van der Waals surface area contributed by atoms with Crippen molar-refractivity contribution < 1.29 is 28.5 Å². The number of ether oxygens (including phenoxy) is 4. The zero-order chi connectivity index (χ0) is 17.9. The highest BCUT2D eigenvalue weighted by Crippen LogP contribution is 2.45. The van der Waals surface area contributed by atoms with E-state index in [1.807, 2.05) is 0 Å². The van der Waals surface area contributed by atoms with E-state index in [4.69, 9.17) is 30.5 Å². The largest absolute Gasteiger partial charge is 0.496 e. The van der Waals surface area contributed by atoms with Gasteiger partial charge in [-0.1, -0.05) is 11.6 Å². The molecule has 0 aliphatic rings. The highest BCUT2D eigenvalue weighted by molar-refractivity contribution is 6.34. The Bertz CT molecular complexity index is 800. The normalized spacial score (nSPS) is 10.4. The van der Waals surface area contributed by atoms with E-state index in [0.29, 0.717) is 16.5 Å².